The number of hydrogen-bond donors (Lipinski definition) is 1. The van der Waals surface area contributed by atoms with Crippen molar-refractivity contribution < 1.29 is 14.3 Å². The monoisotopic (exact) mass is 320 g/mol. The Hall–Kier alpha value is -1.75. The van der Waals surface area contributed by atoms with E-state index in [-0.39, 0.29) is 18.2 Å². The quantitative estimate of drug-likeness (QED) is 0.928. The van der Waals surface area contributed by atoms with E-state index in [0.717, 1.165) is 17.9 Å². The first-order valence-electron chi connectivity index (χ1n) is 8.22. The van der Waals surface area contributed by atoms with E-state index >= 15 is 0 Å². The average Bonchev–Trinajstić information content (AvgIpc) is 2.46. The van der Waals surface area contributed by atoms with Crippen LogP contribution in [-0.4, -0.2) is 42.3 Å². The normalized spacial score (nSPS) is 18.9. The van der Waals surface area contributed by atoms with Crippen LogP contribution in [0.4, 0.5) is 4.79 Å². The second-order valence-corrected chi connectivity index (χ2v) is 7.17. The number of hydrogen-bond acceptors (Lipinski definition) is 4. The number of piperazine rings is 1. The van der Waals surface area contributed by atoms with Crippen LogP contribution >= 0.6 is 0 Å². The molecule has 2 rings (SSSR count). The van der Waals surface area contributed by atoms with Gasteiger partial charge in [0, 0.05) is 19.6 Å². The van der Waals surface area contributed by atoms with Gasteiger partial charge in [0.1, 0.15) is 11.4 Å². The first-order chi connectivity index (χ1) is 10.7. The lowest BCUT2D eigenvalue weighted by atomic mass is 10.0. The average molecular weight is 320 g/mol. The molecule has 5 heteroatoms. The zero-order valence-corrected chi connectivity index (χ0v) is 14.8. The molecule has 0 aliphatic carbocycles. The van der Waals surface area contributed by atoms with Crippen LogP contribution in [0.15, 0.2) is 24.3 Å². The Balaban J connectivity index is 1.99. The predicted octanol–water partition coefficient (Wildman–Crippen LogP) is 3.36. The maximum atomic E-state index is 12.2. The summed E-state index contributed by atoms with van der Waals surface area (Å²) in [4.78, 5) is 14.0. The molecular formula is C18H28N2O3. The molecule has 1 saturated heterocycles. The number of nitrogens with one attached hydrogen (secondary N) is 1. The maximum Gasteiger partial charge on any atom is 0.410 e. The van der Waals surface area contributed by atoms with Crippen LogP contribution in [0.2, 0.25) is 0 Å². The standard InChI is InChI=1S/C18H28N2O3/c1-13(2)22-15-8-6-14(7-9-15)16-12-20(11-10-19-16)17(21)23-18(3,4)5/h6-9,13,16,19H,10-12H2,1-5H3/t16-/m0/s1. The highest BCUT2D eigenvalue weighted by molar-refractivity contribution is 5.68. The summed E-state index contributed by atoms with van der Waals surface area (Å²) in [5.41, 5.74) is 0.683. The molecule has 1 atom stereocenters. The molecule has 1 aliphatic rings. The van der Waals surface area contributed by atoms with Crippen molar-refractivity contribution in [1.29, 1.82) is 0 Å². The molecule has 1 heterocycles. The van der Waals surface area contributed by atoms with E-state index in [1.54, 1.807) is 4.90 Å². The van der Waals surface area contributed by atoms with Gasteiger partial charge in [-0.25, -0.2) is 4.79 Å². The Kier molecular flexibility index (Phi) is 5.52. The van der Waals surface area contributed by atoms with Crippen LogP contribution in [0.5, 0.6) is 5.75 Å². The topological polar surface area (TPSA) is 50.8 Å². The van der Waals surface area contributed by atoms with Gasteiger partial charge in [-0.15, -0.1) is 0 Å². The third-order valence-corrected chi connectivity index (χ3v) is 3.48. The lowest BCUT2D eigenvalue weighted by molar-refractivity contribution is 0.0195. The molecule has 0 spiro atoms. The van der Waals surface area contributed by atoms with Crippen LogP contribution in [-0.2, 0) is 4.74 Å². The van der Waals surface area contributed by atoms with Crippen LogP contribution in [0, 0.1) is 0 Å². The van der Waals surface area contributed by atoms with E-state index < -0.39 is 5.60 Å². The van der Waals surface area contributed by atoms with E-state index in [1.165, 1.54) is 0 Å². The molecule has 1 aliphatic heterocycles. The highest BCUT2D eigenvalue weighted by Gasteiger charge is 2.28. The number of ether oxygens (including phenoxy) is 2. The smallest absolute Gasteiger partial charge is 0.410 e. The number of benzene rings is 1. The van der Waals surface area contributed by atoms with E-state index in [9.17, 15) is 4.79 Å². The molecule has 128 valence electrons. The second-order valence-electron chi connectivity index (χ2n) is 7.17. The van der Waals surface area contributed by atoms with Crippen molar-refractivity contribution in [3.05, 3.63) is 29.8 Å². The number of carbonyl (C=O) groups excluding carboxylic acids is 1. The fourth-order valence-corrected chi connectivity index (χ4v) is 2.52. The fourth-order valence-electron chi connectivity index (χ4n) is 2.52. The van der Waals surface area contributed by atoms with Crippen molar-refractivity contribution in [3.63, 3.8) is 0 Å². The second kappa shape index (κ2) is 7.21. The van der Waals surface area contributed by atoms with E-state index in [0.29, 0.717) is 13.1 Å². The summed E-state index contributed by atoms with van der Waals surface area (Å²) in [5.74, 6) is 0.864. The molecule has 0 unspecified atom stereocenters. The molecule has 1 fully saturated rings. The number of amides is 1. The summed E-state index contributed by atoms with van der Waals surface area (Å²) in [5, 5.41) is 3.45. The van der Waals surface area contributed by atoms with Gasteiger partial charge in [0.25, 0.3) is 0 Å². The van der Waals surface area contributed by atoms with Crippen molar-refractivity contribution in [2.75, 3.05) is 19.6 Å². The lowest BCUT2D eigenvalue weighted by Crippen LogP contribution is -2.49. The minimum absolute atomic E-state index is 0.115. The molecule has 23 heavy (non-hydrogen) atoms. The van der Waals surface area contributed by atoms with Crippen molar-refractivity contribution in [2.24, 2.45) is 0 Å². The zero-order chi connectivity index (χ0) is 17.0. The van der Waals surface area contributed by atoms with Crippen molar-refractivity contribution in [2.45, 2.75) is 52.4 Å². The Morgan fingerprint density at radius 1 is 1.26 bits per heavy atom. The van der Waals surface area contributed by atoms with Crippen LogP contribution < -0.4 is 10.1 Å². The summed E-state index contributed by atoms with van der Waals surface area (Å²) >= 11 is 0. The van der Waals surface area contributed by atoms with E-state index in [1.807, 2.05) is 58.9 Å². The molecule has 0 saturated carbocycles. The van der Waals surface area contributed by atoms with Crippen LogP contribution in [0.25, 0.3) is 0 Å². The van der Waals surface area contributed by atoms with Gasteiger partial charge in [0.05, 0.1) is 12.1 Å². The Morgan fingerprint density at radius 3 is 2.48 bits per heavy atom. The number of rotatable bonds is 3. The minimum atomic E-state index is -0.465. The summed E-state index contributed by atoms with van der Waals surface area (Å²) in [6.45, 7) is 11.7. The Labute approximate surface area is 139 Å². The predicted molar refractivity (Wildman–Crippen MR) is 90.8 cm³/mol. The van der Waals surface area contributed by atoms with Gasteiger partial charge < -0.3 is 19.7 Å². The molecule has 0 aromatic heterocycles. The van der Waals surface area contributed by atoms with Gasteiger partial charge in [-0.2, -0.15) is 0 Å². The lowest BCUT2D eigenvalue weighted by Gasteiger charge is -2.35. The molecule has 0 bridgehead atoms. The van der Waals surface area contributed by atoms with Crippen molar-refractivity contribution in [1.82, 2.24) is 10.2 Å². The first-order valence-corrected chi connectivity index (χ1v) is 8.22. The van der Waals surface area contributed by atoms with Crippen LogP contribution in [0.3, 0.4) is 0 Å². The van der Waals surface area contributed by atoms with Gasteiger partial charge >= 0.3 is 6.09 Å². The van der Waals surface area contributed by atoms with E-state index in [4.69, 9.17) is 9.47 Å². The molecule has 1 aromatic carbocycles. The summed E-state index contributed by atoms with van der Waals surface area (Å²) in [6, 6.07) is 8.17. The van der Waals surface area contributed by atoms with Gasteiger partial charge in [-0.1, -0.05) is 12.1 Å². The molecule has 1 N–H and O–H groups in total. The van der Waals surface area contributed by atoms with Gasteiger partial charge in [-0.3, -0.25) is 0 Å². The van der Waals surface area contributed by atoms with Gasteiger partial charge in [0.15, 0.2) is 0 Å². The minimum Gasteiger partial charge on any atom is -0.491 e. The molecule has 1 amide bonds. The third-order valence-electron chi connectivity index (χ3n) is 3.48. The highest BCUT2D eigenvalue weighted by atomic mass is 16.6. The third kappa shape index (κ3) is 5.43. The highest BCUT2D eigenvalue weighted by Crippen LogP contribution is 2.22. The Morgan fingerprint density at radius 2 is 1.91 bits per heavy atom. The fraction of sp³-hybridized carbons (Fsp3) is 0.611. The molecule has 5 nitrogen and oxygen atoms in total. The largest absolute Gasteiger partial charge is 0.491 e. The van der Waals surface area contributed by atoms with E-state index in [2.05, 4.69) is 5.32 Å². The SMILES string of the molecule is CC(C)Oc1ccc([C@@H]2CN(C(=O)OC(C)(C)C)CCN2)cc1. The van der Waals surface area contributed by atoms with Crippen LogP contribution in [0.1, 0.15) is 46.2 Å². The zero-order valence-electron chi connectivity index (χ0n) is 14.8. The summed E-state index contributed by atoms with van der Waals surface area (Å²) < 4.78 is 11.1. The Bertz CT molecular complexity index is 520. The van der Waals surface area contributed by atoms with Crippen molar-refractivity contribution in [3.8, 4) is 5.75 Å². The molecular weight excluding hydrogens is 292 g/mol. The molecule has 1 aromatic rings. The van der Waals surface area contributed by atoms with Gasteiger partial charge in [-0.05, 0) is 52.3 Å². The molecule has 0 radical (unpaired) electrons. The first kappa shape index (κ1) is 17.6. The number of carbonyl (C=O) groups is 1. The summed E-state index contributed by atoms with van der Waals surface area (Å²) in [7, 11) is 0. The summed E-state index contributed by atoms with van der Waals surface area (Å²) in [6.07, 6.45) is -0.0833. The number of nitrogens with zero attached hydrogens (tertiary/aromatic N) is 1. The van der Waals surface area contributed by atoms with Gasteiger partial charge in [0.2, 0.25) is 0 Å². The maximum absolute atomic E-state index is 12.2. The van der Waals surface area contributed by atoms with Crippen molar-refractivity contribution >= 4 is 6.09 Å².